The molecule has 1 amide bonds. The summed E-state index contributed by atoms with van der Waals surface area (Å²) in [4.78, 5) is 24.8. The number of aryl methyl sites for hydroxylation is 1. The zero-order valence-electron chi connectivity index (χ0n) is 15.4. The Morgan fingerprint density at radius 1 is 1.17 bits per heavy atom. The van der Waals surface area contributed by atoms with Crippen LogP contribution in [0.2, 0.25) is 0 Å². The Morgan fingerprint density at radius 3 is 2.76 bits per heavy atom. The van der Waals surface area contributed by atoms with Crippen LogP contribution in [-0.2, 0) is 11.3 Å². The van der Waals surface area contributed by atoms with Gasteiger partial charge in [0.2, 0.25) is 5.88 Å². The summed E-state index contributed by atoms with van der Waals surface area (Å²) < 4.78 is 24.2. The van der Waals surface area contributed by atoms with Gasteiger partial charge >= 0.3 is 0 Å². The molecule has 4 aromatic rings. The maximum absolute atomic E-state index is 13.2. The second-order valence-corrected chi connectivity index (χ2v) is 6.18. The number of nitrogens with one attached hydrogen (secondary N) is 1. The molecule has 0 aliphatic rings. The van der Waals surface area contributed by atoms with Crippen molar-refractivity contribution < 1.29 is 18.4 Å². The van der Waals surface area contributed by atoms with Gasteiger partial charge in [-0.2, -0.15) is 9.97 Å². The minimum Gasteiger partial charge on any atom is -0.467 e. The molecular formula is C20H16FN5O3. The number of nitrogens with zero attached hydrogens (tertiary/aromatic N) is 4. The molecular weight excluding hydrogens is 377 g/mol. The van der Waals surface area contributed by atoms with Gasteiger partial charge in [-0.25, -0.2) is 4.39 Å². The topological polar surface area (TPSA) is 103 Å². The van der Waals surface area contributed by atoms with Crippen LogP contribution in [0.25, 0.3) is 22.4 Å². The fourth-order valence-electron chi connectivity index (χ4n) is 2.71. The molecule has 0 aliphatic carbocycles. The predicted octanol–water partition coefficient (Wildman–Crippen LogP) is 2.82. The van der Waals surface area contributed by atoms with Gasteiger partial charge in [0.1, 0.15) is 22.7 Å². The fourth-order valence-corrected chi connectivity index (χ4v) is 2.71. The number of benzene rings is 1. The fraction of sp³-hybridized carbons (Fsp3) is 0.150. The average Bonchev–Trinajstić information content (AvgIpc) is 3.15. The van der Waals surface area contributed by atoms with Gasteiger partial charge in [-0.15, -0.1) is 0 Å². The van der Waals surface area contributed by atoms with Crippen LogP contribution in [0.1, 0.15) is 11.5 Å². The normalized spacial score (nSPS) is 10.8. The lowest BCUT2D eigenvalue weighted by molar-refractivity contribution is -0.123. The standard InChI is InChI=1S/C20H16FN5O3/c1-12-24-19(28-11-16(27)23-10-15-4-2-3-9-22-15)17-18(26-29-20(17)25-12)13-5-7-14(21)8-6-13/h2-9H,10-11H2,1H3,(H,23,27). The lowest BCUT2D eigenvalue weighted by Gasteiger charge is -2.08. The highest BCUT2D eigenvalue weighted by atomic mass is 19.1. The lowest BCUT2D eigenvalue weighted by Crippen LogP contribution is -2.28. The van der Waals surface area contributed by atoms with Crippen molar-refractivity contribution in [3.05, 3.63) is 66.0 Å². The van der Waals surface area contributed by atoms with E-state index in [4.69, 9.17) is 9.26 Å². The first kappa shape index (κ1) is 18.5. The molecule has 4 rings (SSSR count). The largest absolute Gasteiger partial charge is 0.467 e. The Kier molecular flexibility index (Phi) is 5.10. The minimum atomic E-state index is -0.366. The van der Waals surface area contributed by atoms with E-state index in [1.54, 1.807) is 31.3 Å². The van der Waals surface area contributed by atoms with Gasteiger partial charge in [0.25, 0.3) is 11.6 Å². The number of aromatic nitrogens is 4. The van der Waals surface area contributed by atoms with E-state index in [-0.39, 0.29) is 36.5 Å². The first-order chi connectivity index (χ1) is 14.1. The third kappa shape index (κ3) is 4.18. The quantitative estimate of drug-likeness (QED) is 0.537. The highest BCUT2D eigenvalue weighted by Gasteiger charge is 2.20. The van der Waals surface area contributed by atoms with Crippen molar-refractivity contribution in [2.45, 2.75) is 13.5 Å². The number of carbonyl (C=O) groups is 1. The first-order valence-corrected chi connectivity index (χ1v) is 8.79. The van der Waals surface area contributed by atoms with E-state index >= 15 is 0 Å². The lowest BCUT2D eigenvalue weighted by atomic mass is 10.1. The van der Waals surface area contributed by atoms with Crippen LogP contribution in [0.3, 0.4) is 0 Å². The number of hydrogen-bond acceptors (Lipinski definition) is 7. The number of carbonyl (C=O) groups excluding carboxylic acids is 1. The average molecular weight is 393 g/mol. The smallest absolute Gasteiger partial charge is 0.265 e. The van der Waals surface area contributed by atoms with Crippen LogP contribution < -0.4 is 10.1 Å². The zero-order valence-corrected chi connectivity index (χ0v) is 15.4. The van der Waals surface area contributed by atoms with E-state index in [0.717, 1.165) is 5.69 Å². The van der Waals surface area contributed by atoms with E-state index in [0.29, 0.717) is 22.5 Å². The SMILES string of the molecule is Cc1nc(OCC(=O)NCc2ccccn2)c2c(-c3ccc(F)cc3)noc2n1. The molecule has 0 radical (unpaired) electrons. The molecule has 0 atom stereocenters. The molecule has 0 saturated carbocycles. The van der Waals surface area contributed by atoms with E-state index in [1.165, 1.54) is 12.1 Å². The van der Waals surface area contributed by atoms with Gasteiger partial charge < -0.3 is 14.6 Å². The van der Waals surface area contributed by atoms with Gasteiger partial charge in [-0.3, -0.25) is 9.78 Å². The summed E-state index contributed by atoms with van der Waals surface area (Å²) in [6, 6.07) is 11.2. The number of rotatable bonds is 6. The van der Waals surface area contributed by atoms with E-state index in [9.17, 15) is 9.18 Å². The van der Waals surface area contributed by atoms with Crippen molar-refractivity contribution in [1.82, 2.24) is 25.4 Å². The minimum absolute atomic E-state index is 0.168. The summed E-state index contributed by atoms with van der Waals surface area (Å²) in [7, 11) is 0. The molecule has 1 N–H and O–H groups in total. The summed E-state index contributed by atoms with van der Waals surface area (Å²) >= 11 is 0. The van der Waals surface area contributed by atoms with Crippen molar-refractivity contribution in [3.63, 3.8) is 0 Å². The number of pyridine rings is 1. The molecule has 8 nitrogen and oxygen atoms in total. The second-order valence-electron chi connectivity index (χ2n) is 6.18. The van der Waals surface area contributed by atoms with Gasteiger partial charge in [-0.1, -0.05) is 11.2 Å². The molecule has 3 heterocycles. The molecule has 1 aromatic carbocycles. The summed E-state index contributed by atoms with van der Waals surface area (Å²) in [5.41, 5.74) is 1.98. The number of halogens is 1. The maximum atomic E-state index is 13.2. The highest BCUT2D eigenvalue weighted by Crippen LogP contribution is 2.33. The third-order valence-electron chi connectivity index (χ3n) is 4.07. The Labute approximate surface area is 164 Å². The molecule has 0 unspecified atom stereocenters. The third-order valence-corrected chi connectivity index (χ3v) is 4.07. The molecule has 0 saturated heterocycles. The van der Waals surface area contributed by atoms with Crippen molar-refractivity contribution in [2.24, 2.45) is 0 Å². The van der Waals surface area contributed by atoms with Crippen molar-refractivity contribution in [2.75, 3.05) is 6.61 Å². The monoisotopic (exact) mass is 393 g/mol. The van der Waals surface area contributed by atoms with Gasteiger partial charge in [0.15, 0.2) is 6.61 Å². The Morgan fingerprint density at radius 2 is 2.00 bits per heavy atom. The summed E-state index contributed by atoms with van der Waals surface area (Å²) in [5, 5.41) is 7.16. The van der Waals surface area contributed by atoms with Crippen LogP contribution in [0.15, 0.2) is 53.2 Å². The van der Waals surface area contributed by atoms with E-state index < -0.39 is 0 Å². The number of amides is 1. The van der Waals surface area contributed by atoms with Crippen LogP contribution in [0.5, 0.6) is 5.88 Å². The van der Waals surface area contributed by atoms with Crippen LogP contribution in [0.4, 0.5) is 4.39 Å². The van der Waals surface area contributed by atoms with Crippen molar-refractivity contribution in [3.8, 4) is 17.1 Å². The highest BCUT2D eigenvalue weighted by molar-refractivity contribution is 5.93. The first-order valence-electron chi connectivity index (χ1n) is 8.79. The molecule has 0 bridgehead atoms. The maximum Gasteiger partial charge on any atom is 0.265 e. The summed E-state index contributed by atoms with van der Waals surface area (Å²) in [6.45, 7) is 1.70. The molecule has 146 valence electrons. The number of ether oxygens (including phenoxy) is 1. The van der Waals surface area contributed by atoms with Crippen LogP contribution in [0, 0.1) is 12.7 Å². The van der Waals surface area contributed by atoms with Gasteiger partial charge in [0, 0.05) is 11.8 Å². The molecule has 0 aliphatic heterocycles. The van der Waals surface area contributed by atoms with E-state index in [1.807, 2.05) is 12.1 Å². The second kappa shape index (κ2) is 8.01. The molecule has 3 aromatic heterocycles. The summed E-state index contributed by atoms with van der Waals surface area (Å²) in [6.07, 6.45) is 1.65. The van der Waals surface area contributed by atoms with Crippen molar-refractivity contribution in [1.29, 1.82) is 0 Å². The number of hydrogen-bond donors (Lipinski definition) is 1. The predicted molar refractivity (Wildman–Crippen MR) is 101 cm³/mol. The molecule has 9 heteroatoms. The van der Waals surface area contributed by atoms with Crippen LogP contribution in [-0.4, -0.2) is 32.6 Å². The van der Waals surface area contributed by atoms with E-state index in [2.05, 4.69) is 25.4 Å². The molecule has 29 heavy (non-hydrogen) atoms. The number of fused-ring (bicyclic) bond motifs is 1. The molecule has 0 fully saturated rings. The van der Waals surface area contributed by atoms with Crippen LogP contribution >= 0.6 is 0 Å². The Balaban J connectivity index is 1.54. The Bertz CT molecular complexity index is 1150. The van der Waals surface area contributed by atoms with Crippen molar-refractivity contribution >= 4 is 17.0 Å². The molecule has 0 spiro atoms. The van der Waals surface area contributed by atoms with Gasteiger partial charge in [-0.05, 0) is 43.3 Å². The zero-order chi connectivity index (χ0) is 20.2. The summed E-state index contributed by atoms with van der Waals surface area (Å²) in [5.74, 6) is -0.126. The van der Waals surface area contributed by atoms with Gasteiger partial charge in [0.05, 0.1) is 12.2 Å². The Hall–Kier alpha value is -3.88.